The molecule has 0 heterocycles. The molecular weight excluding hydrogens is 344 g/mol. The van der Waals surface area contributed by atoms with E-state index in [0.29, 0.717) is 0 Å². The first-order valence-electron chi connectivity index (χ1n) is 3.37. The van der Waals surface area contributed by atoms with Crippen LogP contribution in [0.2, 0.25) is 0 Å². The van der Waals surface area contributed by atoms with Crippen LogP contribution < -0.4 is 14.1 Å². The van der Waals surface area contributed by atoms with E-state index in [1.807, 2.05) is 30.3 Å². The maximum Gasteiger partial charge on any atom is 0 e. The van der Waals surface area contributed by atoms with Gasteiger partial charge >= 0.3 is 0 Å². The van der Waals surface area contributed by atoms with Crippen molar-refractivity contribution in [1.29, 1.82) is 0 Å². The molecule has 0 N–H and O–H groups in total. The van der Waals surface area contributed by atoms with Gasteiger partial charge in [-0.05, 0) is 0 Å². The molecule has 0 spiro atoms. The van der Waals surface area contributed by atoms with Crippen molar-refractivity contribution in [3.63, 3.8) is 0 Å². The molecule has 0 fully saturated rings. The average Bonchev–Trinajstić information content (AvgIpc) is 2.43. The van der Waals surface area contributed by atoms with Crippen LogP contribution in [-0.4, -0.2) is 0 Å². The molecule has 1 aromatic rings. The molecule has 0 nitrogen and oxygen atoms in total. The third-order valence-corrected chi connectivity index (χ3v) is 0.909. The van der Waals surface area contributed by atoms with Crippen LogP contribution in [0.1, 0.15) is 19.8 Å². The minimum atomic E-state index is 0. The van der Waals surface area contributed by atoms with E-state index in [1.165, 1.54) is 6.42 Å². The van der Waals surface area contributed by atoms with Crippen molar-refractivity contribution in [1.82, 2.24) is 0 Å². The van der Waals surface area contributed by atoms with Gasteiger partial charge in [0.25, 0.3) is 0 Å². The Kier molecular flexibility index (Phi) is 66.7. The Balaban J connectivity index is -0.0000000256. The summed E-state index contributed by atoms with van der Waals surface area (Å²) in [7, 11) is 0. The largest absolute Gasteiger partial charge is 1.00 e. The summed E-state index contributed by atoms with van der Waals surface area (Å²) in [6.07, 6.45) is 2.28. The number of hydrogen-bond acceptors (Lipinski definition) is 0. The molecule has 0 radical (unpaired) electrons. The molecule has 0 aliphatic rings. The minimum absolute atomic E-state index is 0. The van der Waals surface area contributed by atoms with Gasteiger partial charge in [0, 0.05) is 25.8 Å². The normalized spacial score (nSPS) is 5.38. The molecule has 13 heavy (non-hydrogen) atoms. The molecule has 0 amide bonds. The van der Waals surface area contributed by atoms with E-state index in [-0.39, 0.29) is 40.0 Å². The molecule has 0 aliphatic heterocycles. The van der Waals surface area contributed by atoms with Gasteiger partial charge in [-0.15, -0.1) is 0 Å². The van der Waals surface area contributed by atoms with Gasteiger partial charge in [-0.1, -0.05) is 13.3 Å². The van der Waals surface area contributed by atoms with Crippen LogP contribution in [0.25, 0.3) is 0 Å². The molecule has 0 aromatic heterocycles. The van der Waals surface area contributed by atoms with Crippen LogP contribution in [-0.2, 0) is 25.8 Å². The van der Waals surface area contributed by atoms with E-state index in [4.69, 9.17) is 0 Å². The summed E-state index contributed by atoms with van der Waals surface area (Å²) < 4.78 is 0. The Labute approximate surface area is 97.0 Å². The first-order valence-corrected chi connectivity index (χ1v) is 3.37. The smallest absolute Gasteiger partial charge is 0 e. The minimum Gasteiger partial charge on any atom is -1.00 e. The molecule has 0 aliphatic carbocycles. The molecule has 0 bridgehead atoms. The van der Waals surface area contributed by atoms with E-state index in [0.717, 1.165) is 6.42 Å². The molecule has 0 unspecified atom stereocenters. The summed E-state index contributed by atoms with van der Waals surface area (Å²) in [5.41, 5.74) is 0. The Bertz CT molecular complexity index is 90.4. The fourth-order valence-electron chi connectivity index (χ4n) is 0.321. The predicted octanol–water partition coefficient (Wildman–Crippen LogP) is -5.96. The van der Waals surface area contributed by atoms with Crippen LogP contribution in [0.15, 0.2) is 30.3 Å². The van der Waals surface area contributed by atoms with Gasteiger partial charge < -0.3 is 21.0 Å². The van der Waals surface area contributed by atoms with E-state index in [2.05, 4.69) is 13.8 Å². The van der Waals surface area contributed by atoms with Gasteiger partial charge in [0.2, 0.25) is 0 Å². The monoisotopic (exact) mass is 359 g/mol. The van der Waals surface area contributed by atoms with Gasteiger partial charge in [-0.3, -0.25) is 0 Å². The van der Waals surface area contributed by atoms with Crippen LogP contribution >= 0.6 is 0 Å². The second-order valence-electron chi connectivity index (χ2n) is 1.82. The molecular formula is C9H14F3Hf-5. The second kappa shape index (κ2) is 29.6. The molecule has 1 rings (SSSR count). The maximum absolute atomic E-state index is 3.60. The Morgan fingerprint density at radius 1 is 1.08 bits per heavy atom. The summed E-state index contributed by atoms with van der Waals surface area (Å²) in [6.45, 7) is 5.72. The van der Waals surface area contributed by atoms with E-state index >= 15 is 0 Å². The zero-order valence-corrected chi connectivity index (χ0v) is 11.2. The van der Waals surface area contributed by atoms with E-state index in [9.17, 15) is 0 Å². The third kappa shape index (κ3) is 33.3. The SMILES string of the molecule is [CH2-]CCC.[F-].[F-].[F-].[Hf].c1cc[cH-]c1. The van der Waals surface area contributed by atoms with Crippen molar-refractivity contribution in [2.75, 3.05) is 0 Å². The van der Waals surface area contributed by atoms with Crippen molar-refractivity contribution < 1.29 is 40.0 Å². The molecule has 0 saturated heterocycles. The quantitative estimate of drug-likeness (QED) is 0.347. The molecule has 4 heteroatoms. The molecule has 0 atom stereocenters. The van der Waals surface area contributed by atoms with Crippen LogP contribution in [0.3, 0.4) is 0 Å². The fourth-order valence-corrected chi connectivity index (χ4v) is 0.321. The number of hydrogen-bond donors (Lipinski definition) is 0. The summed E-state index contributed by atoms with van der Waals surface area (Å²) >= 11 is 0. The van der Waals surface area contributed by atoms with Crippen molar-refractivity contribution in [2.24, 2.45) is 0 Å². The van der Waals surface area contributed by atoms with Gasteiger partial charge in [0.15, 0.2) is 0 Å². The second-order valence-corrected chi connectivity index (χ2v) is 1.82. The summed E-state index contributed by atoms with van der Waals surface area (Å²) in [5.74, 6) is 0. The first kappa shape index (κ1) is 29.2. The summed E-state index contributed by atoms with van der Waals surface area (Å²) in [5, 5.41) is 0. The van der Waals surface area contributed by atoms with E-state index < -0.39 is 0 Å². The standard InChI is InChI=1S/C5H5.C4H9.3FH.Hf/c1-2-4-5-3-1;1-3-4-2;;;;/h1-5H;1,3-4H2,2H3;3*1H;/q2*-1;;;;/p-3. The zero-order valence-electron chi connectivity index (χ0n) is 7.64. The Morgan fingerprint density at radius 3 is 1.46 bits per heavy atom. The Morgan fingerprint density at radius 2 is 1.38 bits per heavy atom. The van der Waals surface area contributed by atoms with Crippen LogP contribution in [0, 0.1) is 6.92 Å². The maximum atomic E-state index is 3.60. The van der Waals surface area contributed by atoms with Crippen LogP contribution in [0.4, 0.5) is 0 Å². The number of rotatable bonds is 1. The molecule has 0 saturated carbocycles. The number of unbranched alkanes of at least 4 members (excludes halogenated alkanes) is 1. The van der Waals surface area contributed by atoms with Gasteiger partial charge in [-0.2, -0.15) is 24.6 Å². The Hall–Kier alpha value is 0.0101. The van der Waals surface area contributed by atoms with Crippen molar-refractivity contribution in [3.8, 4) is 0 Å². The fraction of sp³-hybridized carbons (Fsp3) is 0.333. The van der Waals surface area contributed by atoms with Gasteiger partial charge in [-0.25, -0.2) is 12.1 Å². The molecule has 80 valence electrons. The first-order chi connectivity index (χ1) is 4.41. The topological polar surface area (TPSA) is 0 Å². The predicted molar refractivity (Wildman–Crippen MR) is 42.3 cm³/mol. The van der Waals surface area contributed by atoms with Crippen molar-refractivity contribution >= 4 is 0 Å². The zero-order chi connectivity index (χ0) is 6.95. The average molecular weight is 358 g/mol. The van der Waals surface area contributed by atoms with Crippen molar-refractivity contribution in [2.45, 2.75) is 19.8 Å². The number of halogens is 3. The van der Waals surface area contributed by atoms with Gasteiger partial charge in [0.05, 0.1) is 0 Å². The summed E-state index contributed by atoms with van der Waals surface area (Å²) in [4.78, 5) is 0. The van der Waals surface area contributed by atoms with Gasteiger partial charge in [0.1, 0.15) is 0 Å². The van der Waals surface area contributed by atoms with Crippen molar-refractivity contribution in [3.05, 3.63) is 37.3 Å². The third-order valence-electron chi connectivity index (χ3n) is 0.909. The molecule has 1 aromatic carbocycles. The van der Waals surface area contributed by atoms with Crippen LogP contribution in [0.5, 0.6) is 0 Å². The summed E-state index contributed by atoms with van der Waals surface area (Å²) in [6, 6.07) is 10.0. The van der Waals surface area contributed by atoms with E-state index in [1.54, 1.807) is 0 Å².